The zero-order valence-corrected chi connectivity index (χ0v) is 15.4. The lowest BCUT2D eigenvalue weighted by atomic mass is 9.91. The number of nitrogens with zero attached hydrogens (tertiary/aromatic N) is 5. The van der Waals surface area contributed by atoms with E-state index in [9.17, 15) is 4.79 Å². The van der Waals surface area contributed by atoms with Crippen LogP contribution in [0.3, 0.4) is 0 Å². The van der Waals surface area contributed by atoms with Crippen LogP contribution in [0.15, 0.2) is 30.7 Å². The summed E-state index contributed by atoms with van der Waals surface area (Å²) in [5, 5.41) is 0. The summed E-state index contributed by atoms with van der Waals surface area (Å²) in [4.78, 5) is 30.0. The van der Waals surface area contributed by atoms with Crippen LogP contribution < -0.4 is 4.90 Å². The third-order valence-corrected chi connectivity index (χ3v) is 5.27. The fraction of sp³-hybridized carbons (Fsp3) is 0.500. The Morgan fingerprint density at radius 1 is 1.12 bits per heavy atom. The van der Waals surface area contributed by atoms with Gasteiger partial charge in [-0.2, -0.15) is 0 Å². The van der Waals surface area contributed by atoms with Crippen LogP contribution >= 0.6 is 0 Å². The predicted octanol–water partition coefficient (Wildman–Crippen LogP) is 2.83. The first-order valence-corrected chi connectivity index (χ1v) is 9.36. The topological polar surface area (TPSA) is 62.2 Å². The highest BCUT2D eigenvalue weighted by Crippen LogP contribution is 2.37. The molecule has 1 aliphatic carbocycles. The van der Waals surface area contributed by atoms with Gasteiger partial charge in [-0.3, -0.25) is 4.79 Å². The molecule has 0 spiro atoms. The van der Waals surface area contributed by atoms with Crippen LogP contribution in [0.2, 0.25) is 0 Å². The number of hydrogen-bond acceptors (Lipinski definition) is 5. The van der Waals surface area contributed by atoms with Crippen LogP contribution in [0, 0.1) is 0 Å². The van der Waals surface area contributed by atoms with Crippen molar-refractivity contribution in [1.82, 2.24) is 19.9 Å². The summed E-state index contributed by atoms with van der Waals surface area (Å²) < 4.78 is 0. The molecule has 0 aromatic carbocycles. The molecule has 2 aromatic heterocycles. The minimum atomic E-state index is 0.0407. The Morgan fingerprint density at radius 3 is 2.58 bits per heavy atom. The van der Waals surface area contributed by atoms with Gasteiger partial charge < -0.3 is 9.80 Å². The molecule has 2 fully saturated rings. The minimum Gasteiger partial charge on any atom is -0.363 e. The van der Waals surface area contributed by atoms with Gasteiger partial charge in [0.05, 0.1) is 5.56 Å². The molecule has 1 saturated heterocycles. The quantitative estimate of drug-likeness (QED) is 0.848. The second kappa shape index (κ2) is 7.02. The highest BCUT2D eigenvalue weighted by atomic mass is 16.2. The number of carbonyl (C=O) groups excluding carboxylic acids is 1. The molecule has 26 heavy (non-hydrogen) atoms. The third kappa shape index (κ3) is 3.54. The maximum Gasteiger partial charge on any atom is 0.257 e. The van der Waals surface area contributed by atoms with Gasteiger partial charge >= 0.3 is 0 Å². The Bertz CT molecular complexity index is 785. The Labute approximate surface area is 154 Å². The SMILES string of the molecule is CN(C)c1cc(C2CCCN(C(=O)c3cnc(C4CC4)nc3)C2)ccn1. The van der Waals surface area contributed by atoms with Crippen molar-refractivity contribution in [2.24, 2.45) is 0 Å². The van der Waals surface area contributed by atoms with E-state index in [1.807, 2.05) is 30.1 Å². The summed E-state index contributed by atoms with van der Waals surface area (Å²) in [6, 6.07) is 4.20. The molecule has 1 saturated carbocycles. The predicted molar refractivity (Wildman–Crippen MR) is 100 cm³/mol. The van der Waals surface area contributed by atoms with Gasteiger partial charge in [0, 0.05) is 57.6 Å². The van der Waals surface area contributed by atoms with Crippen LogP contribution in [0.4, 0.5) is 5.82 Å². The average Bonchev–Trinajstić information content (AvgIpc) is 3.53. The molecule has 6 heteroatoms. The van der Waals surface area contributed by atoms with Crippen molar-refractivity contribution in [3.05, 3.63) is 47.7 Å². The van der Waals surface area contributed by atoms with E-state index in [0.717, 1.165) is 37.6 Å². The van der Waals surface area contributed by atoms with Crippen LogP contribution in [-0.4, -0.2) is 52.9 Å². The molecule has 136 valence electrons. The molecular formula is C20H25N5O. The highest BCUT2D eigenvalue weighted by Gasteiger charge is 2.28. The van der Waals surface area contributed by atoms with E-state index in [1.54, 1.807) is 12.4 Å². The summed E-state index contributed by atoms with van der Waals surface area (Å²) in [7, 11) is 3.99. The van der Waals surface area contributed by atoms with E-state index in [4.69, 9.17) is 0 Å². The number of likely N-dealkylation sites (tertiary alicyclic amines) is 1. The van der Waals surface area contributed by atoms with Gasteiger partial charge in [-0.25, -0.2) is 15.0 Å². The molecule has 4 rings (SSSR count). The molecule has 1 atom stereocenters. The van der Waals surface area contributed by atoms with Crippen LogP contribution in [0.25, 0.3) is 0 Å². The van der Waals surface area contributed by atoms with Crippen molar-refractivity contribution >= 4 is 11.7 Å². The lowest BCUT2D eigenvalue weighted by Crippen LogP contribution is -2.39. The fourth-order valence-electron chi connectivity index (χ4n) is 3.55. The molecule has 2 aliphatic rings. The number of anilines is 1. The average molecular weight is 351 g/mol. The molecule has 0 radical (unpaired) electrons. The molecule has 0 bridgehead atoms. The Balaban J connectivity index is 1.47. The maximum atomic E-state index is 12.9. The Hall–Kier alpha value is -2.50. The lowest BCUT2D eigenvalue weighted by Gasteiger charge is -2.33. The maximum absolute atomic E-state index is 12.9. The first-order valence-electron chi connectivity index (χ1n) is 9.36. The van der Waals surface area contributed by atoms with Gasteiger partial charge in [0.25, 0.3) is 5.91 Å². The van der Waals surface area contributed by atoms with Crippen molar-refractivity contribution < 1.29 is 4.79 Å². The van der Waals surface area contributed by atoms with E-state index < -0.39 is 0 Å². The summed E-state index contributed by atoms with van der Waals surface area (Å²) in [5.41, 5.74) is 1.85. The molecule has 1 amide bonds. The zero-order valence-electron chi connectivity index (χ0n) is 15.4. The third-order valence-electron chi connectivity index (χ3n) is 5.27. The summed E-state index contributed by atoms with van der Waals surface area (Å²) in [6.45, 7) is 1.53. The van der Waals surface area contributed by atoms with Crippen molar-refractivity contribution in [2.45, 2.75) is 37.5 Å². The summed E-state index contributed by atoms with van der Waals surface area (Å²) in [6.07, 6.45) is 9.70. The Kier molecular flexibility index (Phi) is 4.57. The van der Waals surface area contributed by atoms with Crippen LogP contribution in [0.5, 0.6) is 0 Å². The minimum absolute atomic E-state index is 0.0407. The van der Waals surface area contributed by atoms with Crippen molar-refractivity contribution in [3.8, 4) is 0 Å². The number of pyridine rings is 1. The Morgan fingerprint density at radius 2 is 1.88 bits per heavy atom. The number of amides is 1. The number of piperidine rings is 1. The standard InChI is InChI=1S/C20H25N5O/c1-24(2)18-10-15(7-8-21-18)16-4-3-9-25(13-16)20(26)17-11-22-19(23-12-17)14-5-6-14/h7-8,10-12,14,16H,3-6,9,13H2,1-2H3. The monoisotopic (exact) mass is 351 g/mol. The molecule has 1 aliphatic heterocycles. The normalized spacial score (nSPS) is 20.1. The van der Waals surface area contributed by atoms with Crippen molar-refractivity contribution in [2.75, 3.05) is 32.1 Å². The van der Waals surface area contributed by atoms with Gasteiger partial charge in [-0.15, -0.1) is 0 Å². The first kappa shape index (κ1) is 16.9. The van der Waals surface area contributed by atoms with E-state index in [1.165, 1.54) is 18.4 Å². The second-order valence-electron chi connectivity index (χ2n) is 7.54. The lowest BCUT2D eigenvalue weighted by molar-refractivity contribution is 0.0706. The van der Waals surface area contributed by atoms with Gasteiger partial charge in [0.15, 0.2) is 0 Å². The van der Waals surface area contributed by atoms with E-state index in [2.05, 4.69) is 27.1 Å². The van der Waals surface area contributed by atoms with Crippen LogP contribution in [0.1, 0.15) is 59.3 Å². The molecule has 1 unspecified atom stereocenters. The van der Waals surface area contributed by atoms with E-state index in [0.29, 0.717) is 17.4 Å². The number of aromatic nitrogens is 3. The van der Waals surface area contributed by atoms with E-state index in [-0.39, 0.29) is 5.91 Å². The number of carbonyl (C=O) groups is 1. The van der Waals surface area contributed by atoms with Crippen LogP contribution in [-0.2, 0) is 0 Å². The van der Waals surface area contributed by atoms with Gasteiger partial charge in [-0.1, -0.05) is 0 Å². The summed E-state index contributed by atoms with van der Waals surface area (Å²) >= 11 is 0. The molecule has 2 aromatic rings. The first-order chi connectivity index (χ1) is 12.6. The number of rotatable bonds is 4. The molecule has 0 N–H and O–H groups in total. The van der Waals surface area contributed by atoms with E-state index >= 15 is 0 Å². The van der Waals surface area contributed by atoms with Crippen molar-refractivity contribution in [3.63, 3.8) is 0 Å². The van der Waals surface area contributed by atoms with Gasteiger partial charge in [0.1, 0.15) is 11.6 Å². The molecular weight excluding hydrogens is 326 g/mol. The van der Waals surface area contributed by atoms with Gasteiger partial charge in [0.2, 0.25) is 0 Å². The molecule has 6 nitrogen and oxygen atoms in total. The largest absolute Gasteiger partial charge is 0.363 e. The number of hydrogen-bond donors (Lipinski definition) is 0. The second-order valence-corrected chi connectivity index (χ2v) is 7.54. The molecule has 3 heterocycles. The zero-order chi connectivity index (χ0) is 18.1. The fourth-order valence-corrected chi connectivity index (χ4v) is 3.55. The van der Waals surface area contributed by atoms with Gasteiger partial charge in [-0.05, 0) is 43.4 Å². The van der Waals surface area contributed by atoms with Crippen molar-refractivity contribution in [1.29, 1.82) is 0 Å². The highest BCUT2D eigenvalue weighted by molar-refractivity contribution is 5.93. The smallest absolute Gasteiger partial charge is 0.257 e. The summed E-state index contributed by atoms with van der Waals surface area (Å²) in [5.74, 6) is 2.73.